The zero-order valence-corrected chi connectivity index (χ0v) is 9.51. The van der Waals surface area contributed by atoms with E-state index in [9.17, 15) is 4.79 Å². The van der Waals surface area contributed by atoms with Crippen LogP contribution in [-0.4, -0.2) is 16.0 Å². The van der Waals surface area contributed by atoms with Crippen LogP contribution >= 0.6 is 28.1 Å². The van der Waals surface area contributed by atoms with Crippen LogP contribution in [-0.2, 0) is 0 Å². The number of halogens is 1. The summed E-state index contributed by atoms with van der Waals surface area (Å²) in [6.07, 6.45) is 0. The van der Waals surface area contributed by atoms with E-state index in [0.717, 1.165) is 9.48 Å². The minimum Gasteiger partial charge on any atom is -0.375 e. The maximum atomic E-state index is 11.5. The topological polar surface area (TPSA) is 72.3 Å². The van der Waals surface area contributed by atoms with Gasteiger partial charge in [0.05, 0.1) is 0 Å². The molecule has 1 aromatic carbocycles. The molecule has 6 heteroatoms. The minimum absolute atomic E-state index is 0.155. The molecule has 0 saturated carbocycles. The van der Waals surface area contributed by atoms with Gasteiger partial charge in [0.1, 0.15) is 0 Å². The van der Waals surface area contributed by atoms with Gasteiger partial charge in [0, 0.05) is 10.0 Å². The monoisotopic (exact) mass is 273 g/mol. The first-order valence-corrected chi connectivity index (χ1v) is 4.86. The van der Waals surface area contributed by atoms with Crippen LogP contribution in [0.2, 0.25) is 0 Å². The summed E-state index contributed by atoms with van der Waals surface area (Å²) < 4.78 is 0.882. The van der Waals surface area contributed by atoms with Gasteiger partial charge in [0.25, 0.3) is 5.91 Å². The molecule has 4 N–H and O–H groups in total. The number of hydrogen-bond donors (Lipinski definition) is 2. The van der Waals surface area contributed by atoms with Crippen LogP contribution in [0.1, 0.15) is 10.4 Å². The minimum atomic E-state index is -0.426. The van der Waals surface area contributed by atoms with E-state index in [-0.39, 0.29) is 5.11 Å². The zero-order valence-electron chi connectivity index (χ0n) is 7.11. The highest BCUT2D eigenvalue weighted by Gasteiger charge is 2.13. The number of nitrogens with zero attached hydrogens (tertiary/aromatic N) is 1. The highest BCUT2D eigenvalue weighted by atomic mass is 79.9. The largest absolute Gasteiger partial charge is 0.375 e. The van der Waals surface area contributed by atoms with Gasteiger partial charge in [0.15, 0.2) is 5.11 Å². The van der Waals surface area contributed by atoms with Crippen molar-refractivity contribution in [3.63, 3.8) is 0 Å². The van der Waals surface area contributed by atoms with Crippen LogP contribution in [0.5, 0.6) is 0 Å². The molecule has 0 aliphatic heterocycles. The maximum Gasteiger partial charge on any atom is 0.274 e. The Bertz CT molecular complexity index is 365. The first kappa shape index (κ1) is 11.1. The van der Waals surface area contributed by atoms with Crippen LogP contribution in [0.4, 0.5) is 0 Å². The Morgan fingerprint density at radius 1 is 1.36 bits per heavy atom. The molecule has 4 nitrogen and oxygen atoms in total. The lowest BCUT2D eigenvalue weighted by Gasteiger charge is -2.13. The second-order valence-corrected chi connectivity index (χ2v) is 3.85. The Kier molecular flexibility index (Phi) is 3.56. The van der Waals surface area contributed by atoms with Crippen LogP contribution in [0, 0.1) is 0 Å². The van der Waals surface area contributed by atoms with Crippen molar-refractivity contribution in [1.82, 2.24) is 5.01 Å². The molecule has 1 aromatic rings. The van der Waals surface area contributed by atoms with Crippen molar-refractivity contribution in [3.05, 3.63) is 34.3 Å². The average molecular weight is 274 g/mol. The molecule has 0 saturated heterocycles. The summed E-state index contributed by atoms with van der Waals surface area (Å²) >= 11 is 7.82. The van der Waals surface area contributed by atoms with Crippen LogP contribution < -0.4 is 11.6 Å². The molecular formula is C8H8BrN3OS. The Labute approximate surface area is 95.0 Å². The second kappa shape index (κ2) is 4.50. The third-order valence-corrected chi connectivity index (χ3v) is 2.27. The summed E-state index contributed by atoms with van der Waals surface area (Å²) in [5, 5.41) is 0.580. The van der Waals surface area contributed by atoms with Crippen molar-refractivity contribution in [3.8, 4) is 0 Å². The van der Waals surface area contributed by atoms with Crippen molar-refractivity contribution in [2.24, 2.45) is 11.6 Å². The van der Waals surface area contributed by atoms with Crippen LogP contribution in [0.3, 0.4) is 0 Å². The predicted molar refractivity (Wildman–Crippen MR) is 61.3 cm³/mol. The average Bonchev–Trinajstić information content (AvgIpc) is 2.16. The lowest BCUT2D eigenvalue weighted by molar-refractivity contribution is 0.0848. The fraction of sp³-hybridized carbons (Fsp3) is 0. The van der Waals surface area contributed by atoms with E-state index < -0.39 is 5.91 Å². The lowest BCUT2D eigenvalue weighted by Crippen LogP contribution is -2.45. The number of rotatable bonds is 1. The number of benzene rings is 1. The van der Waals surface area contributed by atoms with Gasteiger partial charge in [-0.2, -0.15) is 0 Å². The number of hydrogen-bond acceptors (Lipinski definition) is 3. The molecule has 0 aliphatic carbocycles. The van der Waals surface area contributed by atoms with E-state index in [1.165, 1.54) is 0 Å². The van der Waals surface area contributed by atoms with Crippen molar-refractivity contribution >= 4 is 39.2 Å². The van der Waals surface area contributed by atoms with Gasteiger partial charge in [0.2, 0.25) is 0 Å². The Hall–Kier alpha value is -0.980. The van der Waals surface area contributed by atoms with Gasteiger partial charge in [-0.05, 0) is 36.5 Å². The molecule has 74 valence electrons. The molecule has 0 heterocycles. The second-order valence-electron chi connectivity index (χ2n) is 2.52. The smallest absolute Gasteiger partial charge is 0.274 e. The Morgan fingerprint density at radius 3 is 2.29 bits per heavy atom. The van der Waals surface area contributed by atoms with Gasteiger partial charge in [-0.3, -0.25) is 4.79 Å². The first-order chi connectivity index (χ1) is 6.52. The molecule has 1 rings (SSSR count). The SMILES string of the molecule is NC(=S)N(N)C(=O)c1ccc(Br)cc1. The number of carbonyl (C=O) groups excluding carboxylic acids is 1. The fourth-order valence-corrected chi connectivity index (χ4v) is 1.18. The maximum absolute atomic E-state index is 11.5. The molecule has 0 radical (unpaired) electrons. The van der Waals surface area contributed by atoms with E-state index in [2.05, 4.69) is 28.1 Å². The number of amides is 1. The van der Waals surface area contributed by atoms with E-state index in [4.69, 9.17) is 11.6 Å². The van der Waals surface area contributed by atoms with Gasteiger partial charge < -0.3 is 5.73 Å². The standard InChI is InChI=1S/C8H8BrN3OS/c9-6-3-1-5(2-4-6)7(13)12(11)8(10)14/h1-4H,11H2,(H2,10,14). The summed E-state index contributed by atoms with van der Waals surface area (Å²) in [5.41, 5.74) is 5.64. The third-order valence-electron chi connectivity index (χ3n) is 1.55. The lowest BCUT2D eigenvalue weighted by atomic mass is 10.2. The van der Waals surface area contributed by atoms with Crippen molar-refractivity contribution < 1.29 is 4.79 Å². The summed E-state index contributed by atoms with van der Waals surface area (Å²) in [5.74, 6) is 4.91. The molecule has 14 heavy (non-hydrogen) atoms. The van der Waals surface area contributed by atoms with Gasteiger partial charge >= 0.3 is 0 Å². The highest BCUT2D eigenvalue weighted by Crippen LogP contribution is 2.11. The number of carbonyl (C=O) groups is 1. The number of thiocarbonyl (C=S) groups is 1. The molecule has 0 atom stereocenters. The third kappa shape index (κ3) is 2.50. The molecular weight excluding hydrogens is 266 g/mol. The normalized spacial score (nSPS) is 9.57. The van der Waals surface area contributed by atoms with E-state index in [1.807, 2.05) is 0 Å². The predicted octanol–water partition coefficient (Wildman–Crippen LogP) is 1.01. The molecule has 0 unspecified atom stereocenters. The summed E-state index contributed by atoms with van der Waals surface area (Å²) in [7, 11) is 0. The molecule has 0 aliphatic rings. The molecule has 0 aromatic heterocycles. The quantitative estimate of drug-likeness (QED) is 0.347. The van der Waals surface area contributed by atoms with Gasteiger partial charge in [-0.15, -0.1) is 0 Å². The number of nitrogens with two attached hydrogens (primary N) is 2. The van der Waals surface area contributed by atoms with Crippen LogP contribution in [0.25, 0.3) is 0 Å². The highest BCUT2D eigenvalue weighted by molar-refractivity contribution is 9.10. The molecule has 0 spiro atoms. The van der Waals surface area contributed by atoms with Gasteiger partial charge in [-0.25, -0.2) is 10.9 Å². The molecule has 0 bridgehead atoms. The van der Waals surface area contributed by atoms with Crippen molar-refractivity contribution in [1.29, 1.82) is 0 Å². The number of hydrazine groups is 1. The first-order valence-electron chi connectivity index (χ1n) is 3.66. The van der Waals surface area contributed by atoms with Crippen LogP contribution in [0.15, 0.2) is 28.7 Å². The van der Waals surface area contributed by atoms with E-state index in [1.54, 1.807) is 24.3 Å². The van der Waals surface area contributed by atoms with Gasteiger partial charge in [-0.1, -0.05) is 15.9 Å². The van der Waals surface area contributed by atoms with Crippen molar-refractivity contribution in [2.45, 2.75) is 0 Å². The Morgan fingerprint density at radius 2 is 1.86 bits per heavy atom. The molecule has 0 fully saturated rings. The fourth-order valence-electron chi connectivity index (χ4n) is 0.832. The zero-order chi connectivity index (χ0) is 10.7. The summed E-state index contributed by atoms with van der Waals surface area (Å²) in [6, 6.07) is 6.73. The summed E-state index contributed by atoms with van der Waals surface area (Å²) in [6.45, 7) is 0. The Balaban J connectivity index is 2.90. The molecule has 1 amide bonds. The van der Waals surface area contributed by atoms with E-state index >= 15 is 0 Å². The summed E-state index contributed by atoms with van der Waals surface area (Å²) in [4.78, 5) is 11.5. The van der Waals surface area contributed by atoms with Crippen molar-refractivity contribution in [2.75, 3.05) is 0 Å². The van der Waals surface area contributed by atoms with E-state index in [0.29, 0.717) is 5.56 Å².